The predicted molar refractivity (Wildman–Crippen MR) is 234 cm³/mol. The Hall–Kier alpha value is -7.17. The van der Waals surface area contributed by atoms with Crippen LogP contribution in [0, 0.1) is 0 Å². The lowest BCUT2D eigenvalue weighted by atomic mass is 9.71. The van der Waals surface area contributed by atoms with E-state index in [9.17, 15) is 0 Å². The van der Waals surface area contributed by atoms with Gasteiger partial charge in [-0.25, -0.2) is 4.99 Å². The van der Waals surface area contributed by atoms with Gasteiger partial charge in [0.05, 0.1) is 17.1 Å². The fourth-order valence-corrected chi connectivity index (χ4v) is 9.53. The highest BCUT2D eigenvalue weighted by Crippen LogP contribution is 2.63. The molecule has 8 aromatic carbocycles. The summed E-state index contributed by atoms with van der Waals surface area (Å²) in [5.41, 5.74) is 20.4. The highest BCUT2D eigenvalue weighted by molar-refractivity contribution is 6.27. The zero-order chi connectivity index (χ0) is 37.2. The molecular weight excluding hydrogens is 681 g/mol. The SMILES string of the molecule is NC(=N/C(=C\Cc1ccccc1)n1c2ccccc2c2c3c(c4ccccc4c21)C1C(c2ccccc2-3)c2ccccc2N1c1ccccc1)c1ccccc1. The van der Waals surface area contributed by atoms with E-state index in [1.54, 1.807) is 0 Å². The van der Waals surface area contributed by atoms with E-state index in [2.05, 4.69) is 173 Å². The highest BCUT2D eigenvalue weighted by atomic mass is 15.2. The highest BCUT2D eigenvalue weighted by Gasteiger charge is 2.47. The van der Waals surface area contributed by atoms with Gasteiger partial charge in [0.15, 0.2) is 0 Å². The number of anilines is 2. The second-order valence-electron chi connectivity index (χ2n) is 14.8. The average Bonchev–Trinajstić information content (AvgIpc) is 3.80. The number of rotatable bonds is 6. The smallest absolute Gasteiger partial charge is 0.136 e. The van der Waals surface area contributed by atoms with Gasteiger partial charge in [-0.05, 0) is 75.5 Å². The molecule has 0 spiro atoms. The number of hydrogen-bond donors (Lipinski definition) is 1. The molecule has 11 rings (SSSR count). The molecule has 56 heavy (non-hydrogen) atoms. The summed E-state index contributed by atoms with van der Waals surface area (Å²) in [6.07, 6.45) is 2.94. The summed E-state index contributed by atoms with van der Waals surface area (Å²) in [4.78, 5) is 7.91. The number of fused-ring (bicyclic) bond motifs is 15. The molecule has 4 nitrogen and oxygen atoms in total. The minimum absolute atomic E-state index is 0.0379. The Morgan fingerprint density at radius 2 is 1.20 bits per heavy atom. The van der Waals surface area contributed by atoms with Crippen LogP contribution in [0.3, 0.4) is 0 Å². The normalized spacial score (nSPS) is 16.2. The Morgan fingerprint density at radius 3 is 1.98 bits per heavy atom. The summed E-state index contributed by atoms with van der Waals surface area (Å²) in [5, 5.41) is 4.88. The Kier molecular flexibility index (Phi) is 7.49. The molecule has 2 N–H and O–H groups in total. The molecule has 0 saturated carbocycles. The van der Waals surface area contributed by atoms with E-state index in [0.29, 0.717) is 12.3 Å². The van der Waals surface area contributed by atoms with E-state index in [0.717, 1.165) is 22.4 Å². The van der Waals surface area contributed by atoms with E-state index in [4.69, 9.17) is 10.7 Å². The maximum atomic E-state index is 6.91. The van der Waals surface area contributed by atoms with Crippen molar-refractivity contribution in [2.75, 3.05) is 4.90 Å². The monoisotopic (exact) mass is 718 g/mol. The van der Waals surface area contributed by atoms with E-state index in [-0.39, 0.29) is 12.0 Å². The Balaban J connectivity index is 1.28. The van der Waals surface area contributed by atoms with Gasteiger partial charge in [0.2, 0.25) is 0 Å². The van der Waals surface area contributed by atoms with Crippen LogP contribution in [0.1, 0.15) is 39.8 Å². The number of aliphatic imine (C=N–C) groups is 1. The van der Waals surface area contributed by atoms with Crippen LogP contribution in [0.5, 0.6) is 0 Å². The summed E-state index contributed by atoms with van der Waals surface area (Å²) in [5.74, 6) is 1.43. The maximum Gasteiger partial charge on any atom is 0.136 e. The first kappa shape index (κ1) is 32.3. The molecule has 0 saturated heterocycles. The lowest BCUT2D eigenvalue weighted by molar-refractivity contribution is 0.655. The van der Waals surface area contributed by atoms with Crippen molar-refractivity contribution < 1.29 is 0 Å². The minimum atomic E-state index is 0.0379. The van der Waals surface area contributed by atoms with Crippen molar-refractivity contribution >= 4 is 55.6 Å². The standard InChI is InChI=1S/C52H38N4/c53-52(35-20-6-2-7-21-35)54-45(33-32-34-18-4-1-5-19-34)56-44-31-17-15-29-42(44)49-47-38-25-11-10-24-37(38)46-41-28-14-16-30-43(41)55(36-22-8-3-9-23-36)51(46)48(47)39-26-12-13-27-40(39)50(49)56/h1-31,33,46,51H,32H2,(H2,53,54)/b45-33+. The molecule has 0 amide bonds. The lowest BCUT2D eigenvalue weighted by Gasteiger charge is -2.38. The zero-order valence-electron chi connectivity index (χ0n) is 30.8. The van der Waals surface area contributed by atoms with E-state index < -0.39 is 0 Å². The maximum absolute atomic E-state index is 6.91. The summed E-state index contributed by atoms with van der Waals surface area (Å²) in [6, 6.07) is 67.6. The number of hydrogen-bond acceptors (Lipinski definition) is 2. The molecule has 9 aromatic rings. The van der Waals surface area contributed by atoms with E-state index in [1.807, 2.05) is 30.3 Å². The van der Waals surface area contributed by atoms with Crippen molar-refractivity contribution in [3.05, 3.63) is 222 Å². The van der Waals surface area contributed by atoms with Crippen molar-refractivity contribution in [3.63, 3.8) is 0 Å². The molecule has 2 aliphatic rings. The van der Waals surface area contributed by atoms with Crippen LogP contribution >= 0.6 is 0 Å². The number of allylic oxidation sites excluding steroid dienone is 1. The van der Waals surface area contributed by atoms with Crippen molar-refractivity contribution in [1.29, 1.82) is 0 Å². The van der Waals surface area contributed by atoms with Gasteiger partial charge < -0.3 is 10.6 Å². The molecule has 266 valence electrons. The van der Waals surface area contributed by atoms with Crippen LogP contribution in [0.2, 0.25) is 0 Å². The average molecular weight is 719 g/mol. The number of nitrogens with two attached hydrogens (primary N) is 1. The Bertz CT molecular complexity index is 2990. The Morgan fingerprint density at radius 1 is 0.589 bits per heavy atom. The molecule has 0 radical (unpaired) electrons. The van der Waals surface area contributed by atoms with Crippen molar-refractivity contribution in [1.82, 2.24) is 4.57 Å². The first-order valence-corrected chi connectivity index (χ1v) is 19.4. The minimum Gasteiger partial charge on any atom is -0.383 e. The second-order valence-corrected chi connectivity index (χ2v) is 14.8. The number of benzene rings is 8. The molecule has 0 fully saturated rings. The van der Waals surface area contributed by atoms with Crippen LogP contribution in [-0.2, 0) is 6.42 Å². The second kappa shape index (κ2) is 13.0. The summed E-state index contributed by atoms with van der Waals surface area (Å²) >= 11 is 0. The fourth-order valence-electron chi connectivity index (χ4n) is 9.53. The number of amidine groups is 1. The zero-order valence-corrected chi connectivity index (χ0v) is 30.8. The summed E-state index contributed by atoms with van der Waals surface area (Å²) in [7, 11) is 0. The van der Waals surface area contributed by atoms with E-state index >= 15 is 0 Å². The fraction of sp³-hybridized carbons (Fsp3) is 0.0577. The molecule has 0 bridgehead atoms. The quantitative estimate of drug-likeness (QED) is 0.137. The third-order valence-electron chi connectivity index (χ3n) is 11.8. The number of para-hydroxylation sites is 3. The molecular formula is C52H38N4. The molecule has 4 heteroatoms. The predicted octanol–water partition coefficient (Wildman–Crippen LogP) is 12.4. The summed E-state index contributed by atoms with van der Waals surface area (Å²) in [6.45, 7) is 0. The van der Waals surface area contributed by atoms with Gasteiger partial charge >= 0.3 is 0 Å². The molecule has 2 unspecified atom stereocenters. The molecule has 1 aromatic heterocycles. The van der Waals surface area contributed by atoms with Crippen molar-refractivity contribution in [3.8, 4) is 11.1 Å². The molecule has 1 aliphatic carbocycles. The molecule has 2 atom stereocenters. The largest absolute Gasteiger partial charge is 0.383 e. The van der Waals surface area contributed by atoms with Gasteiger partial charge in [-0.2, -0.15) is 0 Å². The first-order chi connectivity index (χ1) is 27.8. The number of aromatic nitrogens is 1. The van der Waals surface area contributed by atoms with Crippen LogP contribution in [0.15, 0.2) is 199 Å². The molecule has 1 aliphatic heterocycles. The third kappa shape index (κ3) is 4.89. The Labute approximate surface area is 326 Å². The van der Waals surface area contributed by atoms with Gasteiger partial charge in [0, 0.05) is 39.0 Å². The van der Waals surface area contributed by atoms with Gasteiger partial charge in [0.1, 0.15) is 11.7 Å². The summed E-state index contributed by atoms with van der Waals surface area (Å²) < 4.78 is 2.37. The lowest BCUT2D eigenvalue weighted by Crippen LogP contribution is -2.26. The van der Waals surface area contributed by atoms with Crippen molar-refractivity contribution in [2.45, 2.75) is 18.4 Å². The van der Waals surface area contributed by atoms with Gasteiger partial charge in [-0.1, -0.05) is 164 Å². The molecule has 2 heterocycles. The van der Waals surface area contributed by atoms with Crippen LogP contribution in [-0.4, -0.2) is 10.4 Å². The van der Waals surface area contributed by atoms with Crippen LogP contribution in [0.25, 0.3) is 49.5 Å². The topological polar surface area (TPSA) is 46.5 Å². The first-order valence-electron chi connectivity index (χ1n) is 19.4. The number of nitrogens with zero attached hydrogens (tertiary/aromatic N) is 3. The third-order valence-corrected chi connectivity index (χ3v) is 11.8. The van der Waals surface area contributed by atoms with E-state index in [1.165, 1.54) is 66.3 Å². The van der Waals surface area contributed by atoms with Gasteiger partial charge in [-0.3, -0.25) is 4.57 Å². The van der Waals surface area contributed by atoms with Gasteiger partial charge in [0.25, 0.3) is 0 Å². The van der Waals surface area contributed by atoms with Crippen LogP contribution in [0.4, 0.5) is 11.4 Å². The van der Waals surface area contributed by atoms with Gasteiger partial charge in [-0.15, -0.1) is 0 Å². The van der Waals surface area contributed by atoms with Crippen molar-refractivity contribution in [2.24, 2.45) is 10.7 Å². The van der Waals surface area contributed by atoms with Crippen LogP contribution < -0.4 is 10.6 Å².